The maximum absolute atomic E-state index is 13.3. The zero-order valence-corrected chi connectivity index (χ0v) is 11.3. The highest BCUT2D eigenvalue weighted by Crippen LogP contribution is 2.18. The molecule has 0 aliphatic rings. The monoisotopic (exact) mass is 312 g/mol. The average molecular weight is 312 g/mol. The highest BCUT2D eigenvalue weighted by molar-refractivity contribution is 5.91. The molecule has 0 aliphatic heterocycles. The van der Waals surface area contributed by atoms with Crippen LogP contribution in [0.5, 0.6) is 0 Å². The highest BCUT2D eigenvalue weighted by Gasteiger charge is 2.11. The molecule has 0 saturated carbocycles. The largest absolute Gasteiger partial charge is 0.384 e. The van der Waals surface area contributed by atoms with Crippen LogP contribution >= 0.6 is 0 Å². The third-order valence-electron chi connectivity index (χ3n) is 2.83. The Kier molecular flexibility index (Phi) is 4.98. The number of carbonyl (C=O) groups is 1. The summed E-state index contributed by atoms with van der Waals surface area (Å²) in [6.45, 7) is 0.0903. The number of para-hydroxylation sites is 1. The van der Waals surface area contributed by atoms with E-state index in [1.54, 1.807) is 0 Å². The molecule has 0 saturated heterocycles. The van der Waals surface area contributed by atoms with Gasteiger partial charge < -0.3 is 10.6 Å². The molecule has 0 unspecified atom stereocenters. The van der Waals surface area contributed by atoms with Crippen LogP contribution in [-0.2, 0) is 4.79 Å². The minimum absolute atomic E-state index is 0.0903. The molecule has 0 bridgehead atoms. The second kappa shape index (κ2) is 6.93. The minimum Gasteiger partial charge on any atom is -0.384 e. The van der Waals surface area contributed by atoms with Gasteiger partial charge in [-0.25, -0.2) is 17.6 Å². The molecule has 22 heavy (non-hydrogen) atoms. The van der Waals surface area contributed by atoms with Crippen LogP contribution in [-0.4, -0.2) is 12.5 Å². The van der Waals surface area contributed by atoms with Crippen LogP contribution < -0.4 is 10.6 Å². The molecule has 0 spiro atoms. The Morgan fingerprint density at radius 2 is 1.59 bits per heavy atom. The summed E-state index contributed by atoms with van der Waals surface area (Å²) in [5.41, 5.74) is -0.218. The van der Waals surface area contributed by atoms with Gasteiger partial charge in [-0.15, -0.1) is 0 Å². The molecule has 116 valence electrons. The van der Waals surface area contributed by atoms with Crippen molar-refractivity contribution in [1.29, 1.82) is 0 Å². The van der Waals surface area contributed by atoms with Crippen molar-refractivity contribution in [2.45, 2.75) is 6.42 Å². The summed E-state index contributed by atoms with van der Waals surface area (Å²) < 4.78 is 52.4. The van der Waals surface area contributed by atoms with Crippen LogP contribution in [0.1, 0.15) is 6.42 Å². The van der Waals surface area contributed by atoms with Gasteiger partial charge in [0.05, 0.1) is 0 Å². The Morgan fingerprint density at radius 3 is 2.23 bits per heavy atom. The lowest BCUT2D eigenvalue weighted by Crippen LogP contribution is -2.17. The average Bonchev–Trinajstić information content (AvgIpc) is 2.47. The third-order valence-corrected chi connectivity index (χ3v) is 2.83. The van der Waals surface area contributed by atoms with Gasteiger partial charge in [-0.3, -0.25) is 4.79 Å². The predicted molar refractivity (Wildman–Crippen MR) is 74.5 cm³/mol. The lowest BCUT2D eigenvalue weighted by Gasteiger charge is -2.09. The second-order valence-electron chi connectivity index (χ2n) is 4.45. The van der Waals surface area contributed by atoms with Gasteiger partial charge in [0.15, 0.2) is 11.6 Å². The fourth-order valence-electron chi connectivity index (χ4n) is 1.75. The van der Waals surface area contributed by atoms with Gasteiger partial charge in [0.1, 0.15) is 17.3 Å². The molecular formula is C15H12F4N2O. The number of benzene rings is 2. The molecule has 0 fully saturated rings. The molecule has 0 radical (unpaired) electrons. The van der Waals surface area contributed by atoms with Crippen molar-refractivity contribution >= 4 is 17.3 Å². The van der Waals surface area contributed by atoms with E-state index in [9.17, 15) is 22.4 Å². The molecule has 2 rings (SSSR count). The summed E-state index contributed by atoms with van der Waals surface area (Å²) in [6.07, 6.45) is -0.104. The van der Waals surface area contributed by atoms with Crippen molar-refractivity contribution in [2.24, 2.45) is 0 Å². The Labute approximate surface area is 124 Å². The maximum Gasteiger partial charge on any atom is 0.226 e. The standard InChI is InChI=1S/C15H12F4N2O/c16-10-5-4-9(8-13(10)19)20-7-6-14(22)21-15-11(17)2-1-3-12(15)18/h1-5,8,20H,6-7H2,(H,21,22). The van der Waals surface area contributed by atoms with Crippen LogP contribution in [0.2, 0.25) is 0 Å². The molecule has 2 aromatic carbocycles. The number of hydrogen-bond acceptors (Lipinski definition) is 2. The van der Waals surface area contributed by atoms with Crippen molar-refractivity contribution in [3.05, 3.63) is 59.7 Å². The molecule has 0 aliphatic carbocycles. The first-order chi connectivity index (χ1) is 10.5. The Morgan fingerprint density at radius 1 is 0.909 bits per heavy atom. The second-order valence-corrected chi connectivity index (χ2v) is 4.45. The topological polar surface area (TPSA) is 41.1 Å². The summed E-state index contributed by atoms with van der Waals surface area (Å²) in [4.78, 5) is 11.6. The van der Waals surface area contributed by atoms with E-state index in [2.05, 4.69) is 10.6 Å². The maximum atomic E-state index is 13.3. The van der Waals surface area contributed by atoms with Crippen molar-refractivity contribution in [1.82, 2.24) is 0 Å². The van der Waals surface area contributed by atoms with E-state index in [0.717, 1.165) is 24.3 Å². The Hall–Kier alpha value is -2.57. The summed E-state index contributed by atoms with van der Waals surface area (Å²) in [6, 6.07) is 6.45. The van der Waals surface area contributed by atoms with Gasteiger partial charge in [-0.1, -0.05) is 6.07 Å². The van der Waals surface area contributed by atoms with E-state index in [1.165, 1.54) is 12.1 Å². The minimum atomic E-state index is -1.01. The third kappa shape index (κ3) is 3.97. The van der Waals surface area contributed by atoms with Crippen LogP contribution in [0, 0.1) is 23.3 Å². The van der Waals surface area contributed by atoms with Gasteiger partial charge in [0, 0.05) is 18.7 Å². The smallest absolute Gasteiger partial charge is 0.226 e. The predicted octanol–water partition coefficient (Wildman–Crippen LogP) is 3.68. The molecule has 1 amide bonds. The molecule has 7 heteroatoms. The van der Waals surface area contributed by atoms with Gasteiger partial charge in [0.25, 0.3) is 0 Å². The first-order valence-corrected chi connectivity index (χ1v) is 6.40. The number of anilines is 2. The fraction of sp³-hybridized carbons (Fsp3) is 0.133. The number of halogens is 4. The zero-order chi connectivity index (χ0) is 16.1. The van der Waals surface area contributed by atoms with Gasteiger partial charge >= 0.3 is 0 Å². The zero-order valence-electron chi connectivity index (χ0n) is 11.3. The molecule has 3 nitrogen and oxygen atoms in total. The summed E-state index contributed by atoms with van der Waals surface area (Å²) in [5, 5.41) is 4.83. The first kappa shape index (κ1) is 15.8. The number of carbonyl (C=O) groups excluding carboxylic acids is 1. The first-order valence-electron chi connectivity index (χ1n) is 6.40. The Bertz CT molecular complexity index is 671. The highest BCUT2D eigenvalue weighted by atomic mass is 19.2. The van der Waals surface area contributed by atoms with Crippen LogP contribution in [0.15, 0.2) is 36.4 Å². The van der Waals surface area contributed by atoms with Gasteiger partial charge in [0.2, 0.25) is 5.91 Å². The SMILES string of the molecule is O=C(CCNc1ccc(F)c(F)c1)Nc1c(F)cccc1F. The van der Waals surface area contributed by atoms with E-state index in [1.807, 2.05) is 0 Å². The van der Waals surface area contributed by atoms with E-state index in [0.29, 0.717) is 5.69 Å². The normalized spacial score (nSPS) is 10.4. The van der Waals surface area contributed by atoms with E-state index >= 15 is 0 Å². The molecular weight excluding hydrogens is 300 g/mol. The number of amides is 1. The number of nitrogens with one attached hydrogen (secondary N) is 2. The quantitative estimate of drug-likeness (QED) is 0.827. The fourth-order valence-corrected chi connectivity index (χ4v) is 1.75. The van der Waals surface area contributed by atoms with Crippen molar-refractivity contribution in [3.8, 4) is 0 Å². The number of hydrogen-bond donors (Lipinski definition) is 2. The van der Waals surface area contributed by atoms with Crippen molar-refractivity contribution in [2.75, 3.05) is 17.2 Å². The van der Waals surface area contributed by atoms with Crippen LogP contribution in [0.25, 0.3) is 0 Å². The van der Waals surface area contributed by atoms with Crippen LogP contribution in [0.3, 0.4) is 0 Å². The molecule has 0 heterocycles. The lowest BCUT2D eigenvalue weighted by atomic mass is 10.2. The van der Waals surface area contributed by atoms with Gasteiger partial charge in [-0.05, 0) is 30.3 Å². The Balaban J connectivity index is 1.86. The molecule has 0 atom stereocenters. The molecule has 2 aromatic rings. The lowest BCUT2D eigenvalue weighted by molar-refractivity contribution is -0.116. The number of rotatable bonds is 5. The van der Waals surface area contributed by atoms with Crippen molar-refractivity contribution in [3.63, 3.8) is 0 Å². The summed E-state index contributed by atoms with van der Waals surface area (Å²) in [7, 11) is 0. The van der Waals surface area contributed by atoms with Crippen molar-refractivity contribution < 1.29 is 22.4 Å². The summed E-state index contributed by atoms with van der Waals surface area (Å²) >= 11 is 0. The molecule has 2 N–H and O–H groups in total. The van der Waals surface area contributed by atoms with Gasteiger partial charge in [-0.2, -0.15) is 0 Å². The molecule has 0 aromatic heterocycles. The van der Waals surface area contributed by atoms with E-state index in [4.69, 9.17) is 0 Å². The van der Waals surface area contributed by atoms with Crippen LogP contribution in [0.4, 0.5) is 28.9 Å². The summed E-state index contributed by atoms with van der Waals surface area (Å²) in [5.74, 6) is -4.34. The van der Waals surface area contributed by atoms with E-state index in [-0.39, 0.29) is 13.0 Å². The van der Waals surface area contributed by atoms with E-state index < -0.39 is 34.9 Å².